The average Bonchev–Trinajstić information content (AvgIpc) is 2.95. The van der Waals surface area contributed by atoms with Crippen molar-refractivity contribution in [3.8, 4) is 0 Å². The molecule has 4 N–H and O–H groups in total. The van der Waals surface area contributed by atoms with Gasteiger partial charge in [-0.25, -0.2) is 4.98 Å². The van der Waals surface area contributed by atoms with Crippen LogP contribution in [0.25, 0.3) is 0 Å². The number of nitrogens with one attached hydrogen (secondary N) is 2. The highest BCUT2D eigenvalue weighted by Crippen LogP contribution is 2.08. The van der Waals surface area contributed by atoms with Crippen LogP contribution in [0.1, 0.15) is 17.4 Å². The molecule has 1 unspecified atom stereocenters. The van der Waals surface area contributed by atoms with E-state index >= 15 is 0 Å². The SMILES string of the molecule is Cn1cc(C(N)C(=O)NCc2ncn[nH]2)cn1. The molecule has 2 aromatic rings. The van der Waals surface area contributed by atoms with E-state index in [0.717, 1.165) is 0 Å². The van der Waals surface area contributed by atoms with Crippen molar-refractivity contribution in [2.24, 2.45) is 12.8 Å². The summed E-state index contributed by atoms with van der Waals surface area (Å²) in [6.45, 7) is 0.271. The molecule has 0 aliphatic rings. The Balaban J connectivity index is 1.91. The summed E-state index contributed by atoms with van der Waals surface area (Å²) in [5, 5.41) is 12.9. The van der Waals surface area contributed by atoms with Gasteiger partial charge in [-0.05, 0) is 0 Å². The third-order valence-electron chi connectivity index (χ3n) is 2.26. The van der Waals surface area contributed by atoms with Crippen LogP contribution in [0.3, 0.4) is 0 Å². The first-order chi connectivity index (χ1) is 8.16. The lowest BCUT2D eigenvalue weighted by Gasteiger charge is -2.09. The molecule has 0 aliphatic carbocycles. The lowest BCUT2D eigenvalue weighted by Crippen LogP contribution is -2.33. The Kier molecular flexibility index (Phi) is 3.15. The van der Waals surface area contributed by atoms with Crippen molar-refractivity contribution in [3.63, 3.8) is 0 Å². The molecule has 17 heavy (non-hydrogen) atoms. The summed E-state index contributed by atoms with van der Waals surface area (Å²) in [6, 6.07) is -0.730. The highest BCUT2D eigenvalue weighted by atomic mass is 16.2. The molecule has 0 aliphatic heterocycles. The highest BCUT2D eigenvalue weighted by molar-refractivity contribution is 5.82. The predicted octanol–water partition coefficient (Wildman–Crippen LogP) is -1.15. The minimum Gasteiger partial charge on any atom is -0.347 e. The lowest BCUT2D eigenvalue weighted by atomic mass is 10.1. The Labute approximate surface area is 97.2 Å². The molecule has 8 nitrogen and oxygen atoms in total. The van der Waals surface area contributed by atoms with E-state index in [4.69, 9.17) is 5.73 Å². The summed E-state index contributed by atoms with van der Waals surface area (Å²) >= 11 is 0. The number of hydrogen-bond acceptors (Lipinski definition) is 5. The summed E-state index contributed by atoms with van der Waals surface area (Å²) in [5.41, 5.74) is 6.45. The molecule has 1 atom stereocenters. The first-order valence-electron chi connectivity index (χ1n) is 5.03. The highest BCUT2D eigenvalue weighted by Gasteiger charge is 2.17. The van der Waals surface area contributed by atoms with Crippen LogP contribution in [-0.4, -0.2) is 30.9 Å². The number of H-pyrrole nitrogens is 1. The molecule has 0 aromatic carbocycles. The maximum atomic E-state index is 11.7. The normalized spacial score (nSPS) is 12.4. The third-order valence-corrected chi connectivity index (χ3v) is 2.26. The van der Waals surface area contributed by atoms with E-state index in [1.54, 1.807) is 24.1 Å². The molecule has 0 saturated carbocycles. The predicted molar refractivity (Wildman–Crippen MR) is 58.4 cm³/mol. The molecule has 2 aromatic heterocycles. The van der Waals surface area contributed by atoms with E-state index in [9.17, 15) is 4.79 Å². The quantitative estimate of drug-likeness (QED) is 0.619. The van der Waals surface area contributed by atoms with Crippen molar-refractivity contribution in [3.05, 3.63) is 30.1 Å². The topological polar surface area (TPSA) is 115 Å². The molecular formula is C9H13N7O. The van der Waals surface area contributed by atoms with E-state index < -0.39 is 6.04 Å². The second-order valence-corrected chi connectivity index (χ2v) is 3.57. The van der Waals surface area contributed by atoms with E-state index in [1.165, 1.54) is 6.33 Å². The van der Waals surface area contributed by atoms with E-state index in [0.29, 0.717) is 11.4 Å². The number of aryl methyl sites for hydroxylation is 1. The Bertz CT molecular complexity index is 489. The number of hydrogen-bond donors (Lipinski definition) is 3. The molecule has 0 bridgehead atoms. The number of carbonyl (C=O) groups excluding carboxylic acids is 1. The minimum atomic E-state index is -0.730. The molecule has 8 heteroatoms. The molecule has 0 spiro atoms. The number of aromatic amines is 1. The van der Waals surface area contributed by atoms with Gasteiger partial charge in [-0.3, -0.25) is 14.6 Å². The molecule has 2 heterocycles. The maximum Gasteiger partial charge on any atom is 0.242 e. The van der Waals surface area contributed by atoms with Crippen molar-refractivity contribution < 1.29 is 4.79 Å². The number of amides is 1. The van der Waals surface area contributed by atoms with Crippen LogP contribution in [0, 0.1) is 0 Å². The van der Waals surface area contributed by atoms with Crippen LogP contribution in [0.5, 0.6) is 0 Å². The van der Waals surface area contributed by atoms with Gasteiger partial charge >= 0.3 is 0 Å². The molecule has 0 saturated heterocycles. The second-order valence-electron chi connectivity index (χ2n) is 3.57. The molecular weight excluding hydrogens is 222 g/mol. The number of nitrogens with two attached hydrogens (primary N) is 1. The van der Waals surface area contributed by atoms with Crippen molar-refractivity contribution in [1.29, 1.82) is 0 Å². The van der Waals surface area contributed by atoms with Crippen LogP contribution in [0.15, 0.2) is 18.7 Å². The third kappa shape index (κ3) is 2.67. The zero-order valence-corrected chi connectivity index (χ0v) is 9.29. The van der Waals surface area contributed by atoms with Gasteiger partial charge < -0.3 is 11.1 Å². The molecule has 0 fully saturated rings. The van der Waals surface area contributed by atoms with E-state index in [-0.39, 0.29) is 12.5 Å². The number of nitrogens with zero attached hydrogens (tertiary/aromatic N) is 4. The van der Waals surface area contributed by atoms with Gasteiger partial charge in [0, 0.05) is 18.8 Å². The van der Waals surface area contributed by atoms with Crippen LogP contribution in [0.4, 0.5) is 0 Å². The molecule has 90 valence electrons. The van der Waals surface area contributed by atoms with Crippen LogP contribution in [0.2, 0.25) is 0 Å². The van der Waals surface area contributed by atoms with Crippen molar-refractivity contribution in [1.82, 2.24) is 30.3 Å². The summed E-state index contributed by atoms with van der Waals surface area (Å²) in [6.07, 6.45) is 4.65. The van der Waals surface area contributed by atoms with Gasteiger partial charge in [0.15, 0.2) is 0 Å². The molecule has 1 amide bonds. The molecule has 2 rings (SSSR count). The first-order valence-corrected chi connectivity index (χ1v) is 5.03. The maximum absolute atomic E-state index is 11.7. The van der Waals surface area contributed by atoms with Crippen molar-refractivity contribution >= 4 is 5.91 Å². The first kappa shape index (κ1) is 11.3. The fourth-order valence-corrected chi connectivity index (χ4v) is 1.35. The summed E-state index contributed by atoms with van der Waals surface area (Å²) in [5.74, 6) is 0.297. The van der Waals surface area contributed by atoms with Gasteiger partial charge in [-0.1, -0.05) is 0 Å². The monoisotopic (exact) mass is 235 g/mol. The largest absolute Gasteiger partial charge is 0.347 e. The lowest BCUT2D eigenvalue weighted by molar-refractivity contribution is -0.122. The fraction of sp³-hybridized carbons (Fsp3) is 0.333. The minimum absolute atomic E-state index is 0.271. The number of aromatic nitrogens is 5. The second kappa shape index (κ2) is 4.74. The zero-order valence-electron chi connectivity index (χ0n) is 9.29. The Morgan fingerprint density at radius 2 is 2.53 bits per heavy atom. The Hall–Kier alpha value is -2.22. The number of carbonyl (C=O) groups is 1. The summed E-state index contributed by atoms with van der Waals surface area (Å²) < 4.78 is 1.60. The van der Waals surface area contributed by atoms with Gasteiger partial charge in [0.1, 0.15) is 18.2 Å². The van der Waals surface area contributed by atoms with E-state index in [2.05, 4.69) is 25.6 Å². The summed E-state index contributed by atoms with van der Waals surface area (Å²) in [4.78, 5) is 15.6. The van der Waals surface area contributed by atoms with Crippen LogP contribution < -0.4 is 11.1 Å². The fourth-order valence-electron chi connectivity index (χ4n) is 1.35. The smallest absolute Gasteiger partial charge is 0.242 e. The van der Waals surface area contributed by atoms with Gasteiger partial charge in [0.05, 0.1) is 12.7 Å². The van der Waals surface area contributed by atoms with Crippen molar-refractivity contribution in [2.75, 3.05) is 0 Å². The summed E-state index contributed by atoms with van der Waals surface area (Å²) in [7, 11) is 1.77. The van der Waals surface area contributed by atoms with Gasteiger partial charge in [0.2, 0.25) is 5.91 Å². The van der Waals surface area contributed by atoms with E-state index in [1.807, 2.05) is 0 Å². The Morgan fingerprint density at radius 1 is 1.71 bits per heavy atom. The van der Waals surface area contributed by atoms with Crippen molar-refractivity contribution in [2.45, 2.75) is 12.6 Å². The van der Waals surface area contributed by atoms with Crippen LogP contribution >= 0.6 is 0 Å². The zero-order chi connectivity index (χ0) is 12.3. The Morgan fingerprint density at radius 3 is 3.12 bits per heavy atom. The van der Waals surface area contributed by atoms with Crippen LogP contribution in [-0.2, 0) is 18.4 Å². The van der Waals surface area contributed by atoms with Gasteiger partial charge in [0.25, 0.3) is 0 Å². The average molecular weight is 235 g/mol. The van der Waals surface area contributed by atoms with Gasteiger partial charge in [-0.15, -0.1) is 0 Å². The number of rotatable bonds is 4. The molecule has 0 radical (unpaired) electrons. The van der Waals surface area contributed by atoms with Gasteiger partial charge in [-0.2, -0.15) is 10.2 Å². The standard InChI is InChI=1S/C9H13N7O/c1-16-4-6(2-14-16)8(10)9(17)11-3-7-12-5-13-15-7/h2,4-5,8H,3,10H2,1H3,(H,11,17)(H,12,13,15).